The second-order valence-electron chi connectivity index (χ2n) is 10.3. The van der Waals surface area contributed by atoms with Gasteiger partial charge in [-0.1, -0.05) is 66.2 Å². The molecule has 1 unspecified atom stereocenters. The number of amides is 1. The van der Waals surface area contributed by atoms with Gasteiger partial charge in [0, 0.05) is 18.6 Å². The number of carbonyl (C=O) groups excluding carboxylic acids is 1. The molecule has 3 aromatic rings. The van der Waals surface area contributed by atoms with Crippen molar-refractivity contribution in [3.05, 3.63) is 82.1 Å². The zero-order valence-electron chi connectivity index (χ0n) is 23.7. The first-order valence-corrected chi connectivity index (χ1v) is 14.3. The quantitative estimate of drug-likeness (QED) is 0.0850. The van der Waals surface area contributed by atoms with Crippen molar-refractivity contribution in [3.63, 3.8) is 0 Å². The SMILES string of the molecule is CC(CCCc1ccc(CCCCNC(=N)NC(=O)c2nc(Cl)c(N)nc2N)cc1)N[C@@H](C)[C@H](O)c1ccccc1. The Hall–Kier alpha value is -3.73. The lowest BCUT2D eigenvalue weighted by Crippen LogP contribution is -2.41. The number of hydrogen-bond acceptors (Lipinski definition) is 8. The van der Waals surface area contributed by atoms with Crippen molar-refractivity contribution < 1.29 is 9.90 Å². The molecule has 0 aliphatic carbocycles. The Labute approximate surface area is 246 Å². The highest BCUT2D eigenvalue weighted by Gasteiger charge is 2.18. The van der Waals surface area contributed by atoms with E-state index in [0.717, 1.165) is 44.1 Å². The van der Waals surface area contributed by atoms with E-state index in [-0.39, 0.29) is 34.5 Å². The van der Waals surface area contributed by atoms with Crippen molar-refractivity contribution in [3.8, 4) is 0 Å². The van der Waals surface area contributed by atoms with Crippen LogP contribution < -0.4 is 27.4 Å². The standard InChI is InChI=1S/C30H41ClN8O2/c1-19(36-20(2)25(40)23-12-4-3-5-13-23)9-8-11-22-16-14-21(15-17-22)10-6-7-18-35-30(34)39-29(41)24-27(32)38-28(33)26(31)37-24/h3-5,12-17,19-20,25,36,40H,6-11,18H2,1-2H3,(H4,32,33,38)(H3,34,35,39,41)/t19?,20-,25-/m0/s1. The largest absolute Gasteiger partial charge is 0.387 e. The first-order valence-electron chi connectivity index (χ1n) is 13.9. The molecule has 11 heteroatoms. The lowest BCUT2D eigenvalue weighted by atomic mass is 10.0. The number of anilines is 2. The lowest BCUT2D eigenvalue weighted by Gasteiger charge is -2.24. The van der Waals surface area contributed by atoms with Gasteiger partial charge in [0.2, 0.25) is 0 Å². The molecular weight excluding hydrogens is 540 g/mol. The summed E-state index contributed by atoms with van der Waals surface area (Å²) in [7, 11) is 0. The maximum atomic E-state index is 12.3. The topological polar surface area (TPSA) is 175 Å². The molecule has 0 saturated carbocycles. The molecule has 0 aliphatic heterocycles. The van der Waals surface area contributed by atoms with E-state index >= 15 is 0 Å². The number of aliphatic hydroxyl groups is 1. The minimum atomic E-state index is -0.684. The Morgan fingerprint density at radius 1 is 0.951 bits per heavy atom. The molecule has 10 nitrogen and oxygen atoms in total. The van der Waals surface area contributed by atoms with Crippen molar-refractivity contribution in [2.75, 3.05) is 18.0 Å². The van der Waals surface area contributed by atoms with Crippen LogP contribution in [0.1, 0.15) is 72.8 Å². The van der Waals surface area contributed by atoms with Gasteiger partial charge in [0.1, 0.15) is 0 Å². The fourth-order valence-electron chi connectivity index (χ4n) is 4.54. The van der Waals surface area contributed by atoms with Crippen LogP contribution in [-0.4, -0.2) is 45.6 Å². The van der Waals surface area contributed by atoms with Crippen LogP contribution in [0.25, 0.3) is 0 Å². The van der Waals surface area contributed by atoms with Gasteiger partial charge in [0.25, 0.3) is 5.91 Å². The number of unbranched alkanes of at least 4 members (excludes halogenated alkanes) is 1. The number of halogens is 1. The zero-order valence-corrected chi connectivity index (χ0v) is 24.4. The fourth-order valence-corrected chi connectivity index (χ4v) is 4.67. The minimum Gasteiger partial charge on any atom is -0.387 e. The van der Waals surface area contributed by atoms with E-state index in [1.807, 2.05) is 37.3 Å². The third-order valence-corrected chi connectivity index (χ3v) is 7.12. The number of nitrogen functional groups attached to an aromatic ring is 2. The van der Waals surface area contributed by atoms with E-state index in [0.29, 0.717) is 12.6 Å². The summed E-state index contributed by atoms with van der Waals surface area (Å²) in [6.07, 6.45) is 5.30. The first kappa shape index (κ1) is 31.8. The zero-order chi connectivity index (χ0) is 29.8. The molecule has 2 aromatic carbocycles. The number of aromatic nitrogens is 2. The molecule has 3 atom stereocenters. The number of aliphatic hydroxyl groups excluding tert-OH is 1. The Balaban J connectivity index is 1.28. The molecule has 41 heavy (non-hydrogen) atoms. The van der Waals surface area contributed by atoms with E-state index in [9.17, 15) is 9.90 Å². The van der Waals surface area contributed by atoms with Crippen LogP contribution >= 0.6 is 11.6 Å². The molecule has 0 bridgehead atoms. The van der Waals surface area contributed by atoms with E-state index in [4.69, 9.17) is 28.5 Å². The summed E-state index contributed by atoms with van der Waals surface area (Å²) in [5, 5.41) is 27.1. The number of carbonyl (C=O) groups is 1. The first-order chi connectivity index (χ1) is 19.6. The predicted octanol–water partition coefficient (Wildman–Crippen LogP) is 3.99. The summed E-state index contributed by atoms with van der Waals surface area (Å²) < 4.78 is 0. The van der Waals surface area contributed by atoms with Gasteiger partial charge >= 0.3 is 0 Å². The minimum absolute atomic E-state index is 0.0188. The van der Waals surface area contributed by atoms with Crippen LogP contribution in [0.4, 0.5) is 11.6 Å². The maximum absolute atomic E-state index is 12.3. The molecule has 9 N–H and O–H groups in total. The summed E-state index contributed by atoms with van der Waals surface area (Å²) in [5.41, 5.74) is 14.5. The van der Waals surface area contributed by atoms with Gasteiger partial charge in [-0.3, -0.25) is 15.5 Å². The molecular formula is C30H41ClN8O2. The Kier molecular flexibility index (Phi) is 12.3. The van der Waals surface area contributed by atoms with Crippen LogP contribution in [0.2, 0.25) is 5.15 Å². The molecule has 0 radical (unpaired) electrons. The Morgan fingerprint density at radius 2 is 1.59 bits per heavy atom. The van der Waals surface area contributed by atoms with E-state index in [2.05, 4.69) is 57.1 Å². The van der Waals surface area contributed by atoms with Gasteiger partial charge in [-0.15, -0.1) is 0 Å². The maximum Gasteiger partial charge on any atom is 0.280 e. The highest BCUT2D eigenvalue weighted by Crippen LogP contribution is 2.18. The van der Waals surface area contributed by atoms with Crippen LogP contribution in [0.3, 0.4) is 0 Å². The summed E-state index contributed by atoms with van der Waals surface area (Å²) in [6.45, 7) is 4.73. The number of nitrogens with one attached hydrogen (secondary N) is 4. The van der Waals surface area contributed by atoms with Crippen molar-refractivity contribution in [2.24, 2.45) is 0 Å². The van der Waals surface area contributed by atoms with Crippen LogP contribution in [-0.2, 0) is 12.8 Å². The number of benzene rings is 2. The monoisotopic (exact) mass is 580 g/mol. The van der Waals surface area contributed by atoms with E-state index in [1.165, 1.54) is 11.1 Å². The second kappa shape index (κ2) is 15.9. The van der Waals surface area contributed by atoms with Crippen LogP contribution in [0.5, 0.6) is 0 Å². The predicted molar refractivity (Wildman–Crippen MR) is 165 cm³/mol. The summed E-state index contributed by atoms with van der Waals surface area (Å²) in [4.78, 5) is 19.9. The van der Waals surface area contributed by atoms with Gasteiger partial charge < -0.3 is 27.2 Å². The third kappa shape index (κ3) is 10.3. The van der Waals surface area contributed by atoms with Gasteiger partial charge in [-0.05, 0) is 69.1 Å². The number of rotatable bonds is 14. The number of aryl methyl sites for hydroxylation is 2. The molecule has 0 aliphatic rings. The molecule has 0 fully saturated rings. The average molecular weight is 581 g/mol. The van der Waals surface area contributed by atoms with E-state index in [1.54, 1.807) is 0 Å². The molecule has 0 saturated heterocycles. The van der Waals surface area contributed by atoms with Crippen LogP contribution in [0.15, 0.2) is 54.6 Å². The normalized spacial score (nSPS) is 13.3. The molecule has 220 valence electrons. The van der Waals surface area contributed by atoms with Gasteiger partial charge in [0.05, 0.1) is 6.10 Å². The smallest absolute Gasteiger partial charge is 0.280 e. The number of hydrogen-bond donors (Lipinski definition) is 7. The van der Waals surface area contributed by atoms with Gasteiger partial charge in [0.15, 0.2) is 28.4 Å². The van der Waals surface area contributed by atoms with E-state index < -0.39 is 12.0 Å². The van der Waals surface area contributed by atoms with Crippen LogP contribution in [0, 0.1) is 5.41 Å². The summed E-state index contributed by atoms with van der Waals surface area (Å²) in [6, 6.07) is 18.8. The number of nitrogens with two attached hydrogens (primary N) is 2. The highest BCUT2D eigenvalue weighted by atomic mass is 35.5. The van der Waals surface area contributed by atoms with Gasteiger partial charge in [-0.25, -0.2) is 9.97 Å². The molecule has 0 spiro atoms. The molecule has 1 amide bonds. The average Bonchev–Trinajstić information content (AvgIpc) is 2.95. The van der Waals surface area contributed by atoms with Crippen molar-refractivity contribution >= 4 is 35.1 Å². The molecule has 3 rings (SSSR count). The summed E-state index contributed by atoms with van der Waals surface area (Å²) >= 11 is 5.80. The Bertz CT molecular complexity index is 1270. The number of nitrogens with zero attached hydrogens (tertiary/aromatic N) is 2. The number of guanidine groups is 1. The van der Waals surface area contributed by atoms with Gasteiger partial charge in [-0.2, -0.15) is 0 Å². The van der Waals surface area contributed by atoms with Crippen molar-refractivity contribution in [1.29, 1.82) is 5.41 Å². The highest BCUT2D eigenvalue weighted by molar-refractivity contribution is 6.31. The fraction of sp³-hybridized carbons (Fsp3) is 0.400. The Morgan fingerprint density at radius 3 is 2.24 bits per heavy atom. The molecule has 1 heterocycles. The third-order valence-electron chi connectivity index (χ3n) is 6.84. The second-order valence-corrected chi connectivity index (χ2v) is 10.6. The summed E-state index contributed by atoms with van der Waals surface area (Å²) in [5.74, 6) is -1.05. The lowest BCUT2D eigenvalue weighted by molar-refractivity contribution is 0.0971. The van der Waals surface area contributed by atoms with Crippen molar-refractivity contribution in [2.45, 2.75) is 70.6 Å². The molecule has 1 aromatic heterocycles. The van der Waals surface area contributed by atoms with Crippen molar-refractivity contribution in [1.82, 2.24) is 25.9 Å².